The van der Waals surface area contributed by atoms with Gasteiger partial charge in [0.15, 0.2) is 0 Å². The van der Waals surface area contributed by atoms with Gasteiger partial charge in [-0.3, -0.25) is 4.79 Å². The summed E-state index contributed by atoms with van der Waals surface area (Å²) in [4.78, 5) is 23.9. The van der Waals surface area contributed by atoms with Crippen LogP contribution in [-0.4, -0.2) is 40.3 Å². The van der Waals surface area contributed by atoms with E-state index in [1.165, 1.54) is 4.90 Å². The number of carboxylic acids is 1. The summed E-state index contributed by atoms with van der Waals surface area (Å²) in [5, 5.41) is 18.6. The van der Waals surface area contributed by atoms with Crippen LogP contribution >= 0.6 is 0 Å². The Kier molecular flexibility index (Phi) is 3.74. The highest BCUT2D eigenvalue weighted by atomic mass is 16.4. The lowest BCUT2D eigenvalue weighted by atomic mass is 9.75. The monoisotopic (exact) mass is 263 g/mol. The first kappa shape index (κ1) is 13.4. The molecule has 0 saturated carbocycles. The maximum absolute atomic E-state index is 11.6. The van der Waals surface area contributed by atoms with Crippen LogP contribution in [0.25, 0.3) is 0 Å². The summed E-state index contributed by atoms with van der Waals surface area (Å²) in [5.41, 5.74) is -0.0741. The average Bonchev–Trinajstić information content (AvgIpc) is 2.40. The lowest BCUT2D eigenvalue weighted by Gasteiger charge is -2.38. The van der Waals surface area contributed by atoms with E-state index in [-0.39, 0.29) is 6.54 Å². The molecular weight excluding hydrogens is 246 g/mol. The van der Waals surface area contributed by atoms with E-state index >= 15 is 0 Å². The fourth-order valence-corrected chi connectivity index (χ4v) is 2.68. The molecule has 0 spiro atoms. The van der Waals surface area contributed by atoms with Crippen LogP contribution in [0.4, 0.5) is 4.79 Å². The Morgan fingerprint density at radius 2 is 1.89 bits per heavy atom. The van der Waals surface area contributed by atoms with Gasteiger partial charge in [-0.05, 0) is 24.8 Å². The third-order valence-electron chi connectivity index (χ3n) is 3.69. The van der Waals surface area contributed by atoms with Crippen LogP contribution in [0.2, 0.25) is 0 Å². The number of carbonyl (C=O) groups is 2. The molecular formula is C14H17NO4. The Bertz CT molecular complexity index is 474. The van der Waals surface area contributed by atoms with Crippen molar-refractivity contribution in [2.45, 2.75) is 19.3 Å². The van der Waals surface area contributed by atoms with E-state index in [1.54, 1.807) is 0 Å². The average molecular weight is 263 g/mol. The molecule has 0 aliphatic carbocycles. The molecule has 1 atom stereocenters. The number of aliphatic carboxylic acids is 1. The van der Waals surface area contributed by atoms with Crippen molar-refractivity contribution >= 4 is 12.1 Å². The highest BCUT2D eigenvalue weighted by molar-refractivity contribution is 5.77. The standard InChI is InChI=1S/C14H17NO4/c16-12(17)14(9-11-5-2-1-3-6-11)7-4-8-15(10-14)13(18)19/h1-3,5-6H,4,7-10H2,(H,16,17)(H,18,19). The van der Waals surface area contributed by atoms with Crippen LogP contribution in [0, 0.1) is 5.41 Å². The number of amides is 1. The molecule has 102 valence electrons. The second-order valence-corrected chi connectivity index (χ2v) is 5.06. The van der Waals surface area contributed by atoms with Crippen LogP contribution in [0.3, 0.4) is 0 Å². The molecule has 0 aromatic heterocycles. The van der Waals surface area contributed by atoms with Crippen molar-refractivity contribution in [3.63, 3.8) is 0 Å². The molecule has 1 unspecified atom stereocenters. The van der Waals surface area contributed by atoms with Gasteiger partial charge in [-0.1, -0.05) is 30.3 Å². The van der Waals surface area contributed by atoms with Crippen molar-refractivity contribution < 1.29 is 19.8 Å². The van der Waals surface area contributed by atoms with Crippen molar-refractivity contribution in [1.29, 1.82) is 0 Å². The summed E-state index contributed by atoms with van der Waals surface area (Å²) in [6, 6.07) is 9.36. The first-order chi connectivity index (χ1) is 9.03. The first-order valence-corrected chi connectivity index (χ1v) is 6.29. The van der Waals surface area contributed by atoms with Gasteiger partial charge in [0, 0.05) is 13.1 Å². The summed E-state index contributed by atoms with van der Waals surface area (Å²) in [6.45, 7) is 0.478. The van der Waals surface area contributed by atoms with Crippen LogP contribution in [-0.2, 0) is 11.2 Å². The summed E-state index contributed by atoms with van der Waals surface area (Å²) < 4.78 is 0. The third kappa shape index (κ3) is 2.86. The number of benzene rings is 1. The SMILES string of the molecule is O=C(O)N1CCCC(Cc2ccccc2)(C(=O)O)C1. The van der Waals surface area contributed by atoms with E-state index in [1.807, 2.05) is 30.3 Å². The molecule has 1 aliphatic rings. The Labute approximate surface area is 111 Å². The van der Waals surface area contributed by atoms with E-state index in [2.05, 4.69) is 0 Å². The van der Waals surface area contributed by atoms with Crippen molar-refractivity contribution in [3.8, 4) is 0 Å². The van der Waals surface area contributed by atoms with E-state index in [9.17, 15) is 14.7 Å². The number of rotatable bonds is 3. The fourth-order valence-electron chi connectivity index (χ4n) is 2.68. The molecule has 1 heterocycles. The van der Waals surface area contributed by atoms with Gasteiger partial charge in [0.05, 0.1) is 5.41 Å². The maximum Gasteiger partial charge on any atom is 0.407 e. The van der Waals surface area contributed by atoms with Crippen molar-refractivity contribution in [2.75, 3.05) is 13.1 Å². The van der Waals surface area contributed by atoms with Crippen molar-refractivity contribution in [3.05, 3.63) is 35.9 Å². The molecule has 2 N–H and O–H groups in total. The number of nitrogens with zero attached hydrogens (tertiary/aromatic N) is 1. The molecule has 1 fully saturated rings. The zero-order valence-electron chi connectivity index (χ0n) is 10.6. The molecule has 2 rings (SSSR count). The van der Waals surface area contributed by atoms with Crippen molar-refractivity contribution in [1.82, 2.24) is 4.90 Å². The van der Waals surface area contributed by atoms with Crippen LogP contribution < -0.4 is 0 Å². The van der Waals surface area contributed by atoms with Gasteiger partial charge in [-0.25, -0.2) is 4.79 Å². The Morgan fingerprint density at radius 3 is 2.47 bits per heavy atom. The van der Waals surface area contributed by atoms with Gasteiger partial charge in [0.1, 0.15) is 0 Å². The minimum absolute atomic E-state index is 0.0621. The Balaban J connectivity index is 2.23. The van der Waals surface area contributed by atoms with Gasteiger partial charge in [0.25, 0.3) is 0 Å². The van der Waals surface area contributed by atoms with E-state index < -0.39 is 17.5 Å². The number of piperidine rings is 1. The van der Waals surface area contributed by atoms with Crippen LogP contribution in [0.5, 0.6) is 0 Å². The molecule has 19 heavy (non-hydrogen) atoms. The summed E-state index contributed by atoms with van der Waals surface area (Å²) in [5.74, 6) is -0.915. The molecule has 5 nitrogen and oxygen atoms in total. The molecule has 0 bridgehead atoms. The molecule has 5 heteroatoms. The minimum atomic E-state index is -1.04. The van der Waals surface area contributed by atoms with Gasteiger partial charge in [-0.15, -0.1) is 0 Å². The van der Waals surface area contributed by atoms with Gasteiger partial charge >= 0.3 is 12.1 Å². The largest absolute Gasteiger partial charge is 0.481 e. The van der Waals surface area contributed by atoms with E-state index in [0.717, 1.165) is 5.56 Å². The van der Waals surface area contributed by atoms with Gasteiger partial charge in [-0.2, -0.15) is 0 Å². The van der Waals surface area contributed by atoms with Gasteiger partial charge in [0.2, 0.25) is 0 Å². The predicted octanol–water partition coefficient (Wildman–Crippen LogP) is 2.07. The lowest BCUT2D eigenvalue weighted by Crippen LogP contribution is -2.50. The summed E-state index contributed by atoms with van der Waals surface area (Å²) >= 11 is 0. The molecule has 1 amide bonds. The number of carboxylic acid groups (broad SMARTS) is 2. The molecule has 0 radical (unpaired) electrons. The molecule has 1 aliphatic heterocycles. The second kappa shape index (κ2) is 5.30. The Hall–Kier alpha value is -2.04. The lowest BCUT2D eigenvalue weighted by molar-refractivity contribution is -0.151. The summed E-state index contributed by atoms with van der Waals surface area (Å²) in [7, 11) is 0. The zero-order chi connectivity index (χ0) is 13.9. The van der Waals surface area contributed by atoms with E-state index in [0.29, 0.717) is 25.8 Å². The number of likely N-dealkylation sites (tertiary alicyclic amines) is 1. The minimum Gasteiger partial charge on any atom is -0.481 e. The predicted molar refractivity (Wildman–Crippen MR) is 69.0 cm³/mol. The topological polar surface area (TPSA) is 77.8 Å². The van der Waals surface area contributed by atoms with Crippen LogP contribution in [0.1, 0.15) is 18.4 Å². The zero-order valence-corrected chi connectivity index (χ0v) is 10.6. The number of hydrogen-bond acceptors (Lipinski definition) is 2. The molecule has 1 saturated heterocycles. The van der Waals surface area contributed by atoms with E-state index in [4.69, 9.17) is 5.11 Å². The molecule has 1 aromatic rings. The number of hydrogen-bond donors (Lipinski definition) is 2. The molecule has 1 aromatic carbocycles. The van der Waals surface area contributed by atoms with Crippen LogP contribution in [0.15, 0.2) is 30.3 Å². The highest BCUT2D eigenvalue weighted by Crippen LogP contribution is 2.34. The second-order valence-electron chi connectivity index (χ2n) is 5.06. The quantitative estimate of drug-likeness (QED) is 0.875. The van der Waals surface area contributed by atoms with Gasteiger partial charge < -0.3 is 15.1 Å². The summed E-state index contributed by atoms with van der Waals surface area (Å²) in [6.07, 6.45) is 0.428. The third-order valence-corrected chi connectivity index (χ3v) is 3.69. The smallest absolute Gasteiger partial charge is 0.407 e. The Morgan fingerprint density at radius 1 is 1.21 bits per heavy atom. The normalized spacial score (nSPS) is 23.1. The highest BCUT2D eigenvalue weighted by Gasteiger charge is 2.43. The maximum atomic E-state index is 11.6. The fraction of sp³-hybridized carbons (Fsp3) is 0.429. The first-order valence-electron chi connectivity index (χ1n) is 6.29. The van der Waals surface area contributed by atoms with Crippen molar-refractivity contribution in [2.24, 2.45) is 5.41 Å².